The first kappa shape index (κ1) is 28.2. The largest absolute Gasteiger partial charge is 0.443 e. The van der Waals surface area contributed by atoms with Gasteiger partial charge >= 0.3 is 6.09 Å². The molecular weight excluding hydrogens is 568 g/mol. The quantitative estimate of drug-likeness (QED) is 0.116. The van der Waals surface area contributed by atoms with E-state index in [0.29, 0.717) is 48.7 Å². The molecule has 3 heterocycles. The van der Waals surface area contributed by atoms with Gasteiger partial charge in [-0.1, -0.05) is 42.1 Å². The van der Waals surface area contributed by atoms with Crippen molar-refractivity contribution in [1.29, 1.82) is 0 Å². The first-order chi connectivity index (χ1) is 19.1. The van der Waals surface area contributed by atoms with Crippen molar-refractivity contribution < 1.29 is 13.9 Å². The highest BCUT2D eigenvalue weighted by Gasteiger charge is 2.25. The summed E-state index contributed by atoms with van der Waals surface area (Å²) in [5.74, 6) is 0.178. The molecular formula is C28H27FN6O2S3. The van der Waals surface area contributed by atoms with Gasteiger partial charge in [-0.15, -0.1) is 11.8 Å². The van der Waals surface area contributed by atoms with Crippen LogP contribution in [0.5, 0.6) is 0 Å². The van der Waals surface area contributed by atoms with Crippen LogP contribution in [0, 0.1) is 5.82 Å². The molecule has 0 bridgehead atoms. The van der Waals surface area contributed by atoms with Gasteiger partial charge in [-0.2, -0.15) is 0 Å². The van der Waals surface area contributed by atoms with Crippen LogP contribution in [0.1, 0.15) is 26.3 Å². The maximum atomic E-state index is 15.0. The number of anilines is 1. The van der Waals surface area contributed by atoms with E-state index >= 15 is 4.39 Å². The lowest BCUT2D eigenvalue weighted by molar-refractivity contribution is 0.0589. The Morgan fingerprint density at radius 1 is 1.07 bits per heavy atom. The van der Waals surface area contributed by atoms with Crippen LogP contribution in [0.15, 0.2) is 75.1 Å². The summed E-state index contributed by atoms with van der Waals surface area (Å²) >= 11 is 4.35. The number of ether oxygens (including phenoxy) is 1. The van der Waals surface area contributed by atoms with E-state index < -0.39 is 17.5 Å². The Labute approximate surface area is 243 Å². The van der Waals surface area contributed by atoms with E-state index in [-0.39, 0.29) is 0 Å². The number of fused-ring (bicyclic) bond motifs is 3. The van der Waals surface area contributed by atoms with Crippen LogP contribution in [0.3, 0.4) is 0 Å². The highest BCUT2D eigenvalue weighted by Crippen LogP contribution is 2.39. The number of rotatable bonds is 7. The third-order valence-electron chi connectivity index (χ3n) is 5.69. The van der Waals surface area contributed by atoms with Gasteiger partial charge in [0.25, 0.3) is 0 Å². The van der Waals surface area contributed by atoms with E-state index in [9.17, 15) is 4.79 Å². The molecule has 5 aromatic rings. The topological polar surface area (TPSA) is 96.9 Å². The molecule has 1 N–H and O–H groups in total. The maximum absolute atomic E-state index is 15.0. The Morgan fingerprint density at radius 2 is 1.80 bits per heavy atom. The molecule has 0 saturated carbocycles. The van der Waals surface area contributed by atoms with Crippen LogP contribution in [-0.2, 0) is 10.5 Å². The number of nitrogens with zero attached hydrogens (tertiary/aromatic N) is 5. The lowest BCUT2D eigenvalue weighted by Crippen LogP contribution is -2.34. The van der Waals surface area contributed by atoms with Crippen LogP contribution in [0.2, 0.25) is 0 Å². The number of halogens is 1. The molecule has 3 aromatic heterocycles. The number of H-pyrrole nitrogens is 1. The summed E-state index contributed by atoms with van der Waals surface area (Å²) in [6.45, 7) is 5.36. The molecule has 0 aliphatic rings. The van der Waals surface area contributed by atoms with Crippen LogP contribution in [0.4, 0.5) is 14.9 Å². The summed E-state index contributed by atoms with van der Waals surface area (Å²) in [6.07, 6.45) is 4.81. The number of carbonyl (C=O) groups is 1. The fourth-order valence-corrected chi connectivity index (χ4v) is 6.00. The molecule has 0 aliphatic heterocycles. The van der Waals surface area contributed by atoms with Crippen molar-refractivity contribution in [3.8, 4) is 0 Å². The van der Waals surface area contributed by atoms with Gasteiger partial charge in [0.1, 0.15) is 22.1 Å². The van der Waals surface area contributed by atoms with Crippen molar-refractivity contribution in [1.82, 2.24) is 24.9 Å². The molecule has 8 nitrogen and oxygen atoms in total. The lowest BCUT2D eigenvalue weighted by Gasteiger charge is -2.25. The highest BCUT2D eigenvalue weighted by molar-refractivity contribution is 7.99. The molecule has 0 spiro atoms. The molecule has 2 aromatic carbocycles. The monoisotopic (exact) mass is 594 g/mol. The van der Waals surface area contributed by atoms with Crippen molar-refractivity contribution in [3.05, 3.63) is 66.2 Å². The number of nitrogens with one attached hydrogen (secondary N) is 1. The number of carbonyl (C=O) groups excluding carboxylic acids is 1. The molecule has 40 heavy (non-hydrogen) atoms. The standard InChI is InChI=1S/C28H27FN6O2S3/c1-28(2,3)37-27(36)35(4)20-12-17(29)11-19-21-23(32-22(19)20)33-26(40-18-13-30-25(38-5)31-14-18)34-24(21)39-15-16-9-7-6-8-10-16/h6-14H,15H2,1-5H3,(H,32,33,34). The lowest BCUT2D eigenvalue weighted by atomic mass is 10.1. The summed E-state index contributed by atoms with van der Waals surface area (Å²) in [6, 6.07) is 12.8. The van der Waals surface area contributed by atoms with Gasteiger partial charge in [-0.25, -0.2) is 29.1 Å². The van der Waals surface area contributed by atoms with Gasteiger partial charge in [0.15, 0.2) is 10.3 Å². The van der Waals surface area contributed by atoms with Crippen LogP contribution in [-0.4, -0.2) is 49.9 Å². The molecule has 0 saturated heterocycles. The summed E-state index contributed by atoms with van der Waals surface area (Å²) < 4.78 is 20.5. The third kappa shape index (κ3) is 6.34. The van der Waals surface area contributed by atoms with Crippen molar-refractivity contribution in [2.75, 3.05) is 18.2 Å². The minimum Gasteiger partial charge on any atom is -0.443 e. The van der Waals surface area contributed by atoms with Gasteiger partial charge in [-0.05, 0) is 56.5 Å². The molecule has 12 heteroatoms. The van der Waals surface area contributed by atoms with E-state index in [4.69, 9.17) is 14.7 Å². The predicted octanol–water partition coefficient (Wildman–Crippen LogP) is 7.58. The van der Waals surface area contributed by atoms with Gasteiger partial charge in [0, 0.05) is 30.6 Å². The Hall–Kier alpha value is -3.35. The summed E-state index contributed by atoms with van der Waals surface area (Å²) in [5, 5.41) is 3.14. The van der Waals surface area contributed by atoms with Gasteiger partial charge in [0.2, 0.25) is 0 Å². The zero-order chi connectivity index (χ0) is 28.4. The van der Waals surface area contributed by atoms with E-state index in [1.807, 2.05) is 24.5 Å². The number of benzene rings is 2. The Balaban J connectivity index is 1.62. The fourth-order valence-electron chi connectivity index (χ4n) is 3.93. The van der Waals surface area contributed by atoms with Crippen molar-refractivity contribution in [2.24, 2.45) is 0 Å². The Morgan fingerprint density at radius 3 is 2.48 bits per heavy atom. The van der Waals surface area contributed by atoms with Crippen molar-refractivity contribution in [2.45, 2.75) is 52.4 Å². The van der Waals surface area contributed by atoms with Crippen LogP contribution >= 0.6 is 35.3 Å². The summed E-state index contributed by atoms with van der Waals surface area (Å²) in [4.78, 5) is 36.6. The molecule has 0 atom stereocenters. The van der Waals surface area contributed by atoms with Crippen molar-refractivity contribution >= 4 is 69.0 Å². The Kier molecular flexibility index (Phi) is 8.20. The molecule has 5 rings (SSSR count). The van der Waals surface area contributed by atoms with E-state index in [1.54, 1.807) is 52.0 Å². The number of hydrogen-bond donors (Lipinski definition) is 1. The first-order valence-electron chi connectivity index (χ1n) is 12.3. The predicted molar refractivity (Wildman–Crippen MR) is 160 cm³/mol. The fraction of sp³-hybridized carbons (Fsp3) is 0.250. The van der Waals surface area contributed by atoms with Gasteiger partial charge in [0.05, 0.1) is 21.5 Å². The van der Waals surface area contributed by atoms with Crippen molar-refractivity contribution in [3.63, 3.8) is 0 Å². The second-order valence-corrected chi connectivity index (χ2v) is 12.6. The van der Waals surface area contributed by atoms with Gasteiger partial charge in [-0.3, -0.25) is 4.90 Å². The zero-order valence-corrected chi connectivity index (χ0v) is 25.0. The molecule has 0 aliphatic carbocycles. The molecule has 0 fully saturated rings. The average molecular weight is 595 g/mol. The molecule has 0 unspecified atom stereocenters. The normalized spacial score (nSPS) is 11.8. The highest BCUT2D eigenvalue weighted by atomic mass is 32.2. The molecule has 206 valence electrons. The van der Waals surface area contributed by atoms with Crippen LogP contribution in [0.25, 0.3) is 21.9 Å². The number of aromatic nitrogens is 5. The number of amides is 1. The third-order valence-corrected chi connectivity index (χ3v) is 8.13. The number of aromatic amines is 1. The Bertz CT molecular complexity index is 1670. The van der Waals surface area contributed by atoms with E-state index in [0.717, 1.165) is 10.5 Å². The zero-order valence-electron chi connectivity index (χ0n) is 22.6. The SMILES string of the molecule is CSc1ncc(Sc2nc(SCc3ccccc3)c3c(n2)[nH]c2c(N(C)C(=O)OC(C)(C)C)cc(F)cc23)cn1. The van der Waals surface area contributed by atoms with Gasteiger partial charge < -0.3 is 9.72 Å². The van der Waals surface area contributed by atoms with Crippen LogP contribution < -0.4 is 4.90 Å². The molecule has 1 amide bonds. The first-order valence-corrected chi connectivity index (χ1v) is 15.3. The smallest absolute Gasteiger partial charge is 0.414 e. The maximum Gasteiger partial charge on any atom is 0.414 e. The number of thioether (sulfide) groups is 2. The molecule has 0 radical (unpaired) electrons. The number of hydrogen-bond acceptors (Lipinski definition) is 9. The summed E-state index contributed by atoms with van der Waals surface area (Å²) in [5.41, 5.74) is 1.88. The average Bonchev–Trinajstić information content (AvgIpc) is 3.29. The van der Waals surface area contributed by atoms with E-state index in [2.05, 4.69) is 27.1 Å². The summed E-state index contributed by atoms with van der Waals surface area (Å²) in [7, 11) is 1.56. The second kappa shape index (κ2) is 11.6. The minimum atomic E-state index is -0.700. The van der Waals surface area contributed by atoms with E-state index in [1.165, 1.54) is 40.6 Å². The second-order valence-electron chi connectivity index (χ2n) is 9.83. The minimum absolute atomic E-state index is 0.344.